The van der Waals surface area contributed by atoms with Crippen molar-refractivity contribution in [3.8, 4) is 11.5 Å². The third kappa shape index (κ3) is 3.80. The van der Waals surface area contributed by atoms with E-state index >= 15 is 0 Å². The van der Waals surface area contributed by atoms with Gasteiger partial charge in [-0.2, -0.15) is 5.10 Å². The first-order valence-corrected chi connectivity index (χ1v) is 7.83. The van der Waals surface area contributed by atoms with E-state index in [0.29, 0.717) is 12.6 Å². The first-order valence-electron chi connectivity index (χ1n) is 7.83. The molecule has 0 bridgehead atoms. The summed E-state index contributed by atoms with van der Waals surface area (Å²) in [4.78, 5) is 2.51. The van der Waals surface area contributed by atoms with E-state index in [1.807, 2.05) is 47.4 Å². The maximum Gasteiger partial charge on any atom is 0.119 e. The molecule has 0 amide bonds. The van der Waals surface area contributed by atoms with E-state index in [1.165, 1.54) is 12.8 Å². The molecule has 22 heavy (non-hydrogen) atoms. The standard InChI is InChI=1S/C17H23N3O2/c1-21-16-5-7-17(8-6-16)22-13-12-19-10-2-4-15(19)14-20-11-3-9-18-20/h3,5-9,11,15H,2,4,10,12-14H2,1H3. The van der Waals surface area contributed by atoms with Gasteiger partial charge in [-0.1, -0.05) is 0 Å². The minimum Gasteiger partial charge on any atom is -0.497 e. The summed E-state index contributed by atoms with van der Waals surface area (Å²) in [7, 11) is 1.67. The third-order valence-electron chi connectivity index (χ3n) is 4.16. The molecule has 0 aliphatic carbocycles. The number of hydrogen-bond acceptors (Lipinski definition) is 4. The summed E-state index contributed by atoms with van der Waals surface area (Å²) in [6.07, 6.45) is 6.37. The normalized spacial score (nSPS) is 18.5. The number of methoxy groups -OCH3 is 1. The van der Waals surface area contributed by atoms with E-state index in [1.54, 1.807) is 7.11 Å². The van der Waals surface area contributed by atoms with Crippen LogP contribution in [-0.4, -0.2) is 47.5 Å². The van der Waals surface area contributed by atoms with Gasteiger partial charge in [-0.25, -0.2) is 0 Å². The van der Waals surface area contributed by atoms with Crippen molar-refractivity contribution in [1.82, 2.24) is 14.7 Å². The highest BCUT2D eigenvalue weighted by Crippen LogP contribution is 2.20. The van der Waals surface area contributed by atoms with Crippen molar-refractivity contribution in [2.45, 2.75) is 25.4 Å². The summed E-state index contributed by atoms with van der Waals surface area (Å²) in [6.45, 7) is 3.79. The minimum atomic E-state index is 0.569. The number of benzene rings is 1. The zero-order chi connectivity index (χ0) is 15.2. The van der Waals surface area contributed by atoms with Crippen molar-refractivity contribution < 1.29 is 9.47 Å². The van der Waals surface area contributed by atoms with Crippen molar-refractivity contribution in [2.75, 3.05) is 26.8 Å². The fourth-order valence-electron chi connectivity index (χ4n) is 2.97. The number of rotatable bonds is 7. The molecule has 1 aliphatic rings. The van der Waals surface area contributed by atoms with Crippen molar-refractivity contribution in [3.05, 3.63) is 42.7 Å². The van der Waals surface area contributed by atoms with Crippen LogP contribution >= 0.6 is 0 Å². The molecule has 1 aliphatic heterocycles. The molecular weight excluding hydrogens is 278 g/mol. The summed E-state index contributed by atoms with van der Waals surface area (Å²) in [6, 6.07) is 10.3. The van der Waals surface area contributed by atoms with Crippen LogP contribution in [0, 0.1) is 0 Å². The molecule has 5 heteroatoms. The van der Waals surface area contributed by atoms with E-state index in [-0.39, 0.29) is 0 Å². The van der Waals surface area contributed by atoms with Gasteiger partial charge in [0.1, 0.15) is 18.1 Å². The molecule has 2 aromatic rings. The van der Waals surface area contributed by atoms with E-state index in [0.717, 1.165) is 31.1 Å². The predicted octanol–water partition coefficient (Wildman–Crippen LogP) is 2.44. The molecule has 2 heterocycles. The second-order valence-electron chi connectivity index (χ2n) is 5.58. The minimum absolute atomic E-state index is 0.569. The van der Waals surface area contributed by atoms with Crippen LogP contribution in [-0.2, 0) is 6.54 Å². The fraction of sp³-hybridized carbons (Fsp3) is 0.471. The van der Waals surface area contributed by atoms with Gasteiger partial charge in [-0.05, 0) is 49.7 Å². The van der Waals surface area contributed by atoms with Crippen LogP contribution in [0.4, 0.5) is 0 Å². The number of ether oxygens (including phenoxy) is 2. The van der Waals surface area contributed by atoms with Crippen LogP contribution in [0.5, 0.6) is 11.5 Å². The Morgan fingerprint density at radius 3 is 2.77 bits per heavy atom. The zero-order valence-electron chi connectivity index (χ0n) is 13.0. The number of aromatic nitrogens is 2. The highest BCUT2D eigenvalue weighted by Gasteiger charge is 2.24. The third-order valence-corrected chi connectivity index (χ3v) is 4.16. The molecule has 0 radical (unpaired) electrons. The van der Waals surface area contributed by atoms with Crippen molar-refractivity contribution in [3.63, 3.8) is 0 Å². The van der Waals surface area contributed by atoms with Crippen molar-refractivity contribution >= 4 is 0 Å². The van der Waals surface area contributed by atoms with Gasteiger partial charge in [0.05, 0.1) is 13.7 Å². The highest BCUT2D eigenvalue weighted by molar-refractivity contribution is 5.31. The number of likely N-dealkylation sites (tertiary alicyclic amines) is 1. The maximum absolute atomic E-state index is 5.83. The molecule has 3 rings (SSSR count). The Balaban J connectivity index is 1.45. The second kappa shape index (κ2) is 7.31. The van der Waals surface area contributed by atoms with Gasteiger partial charge in [0.2, 0.25) is 0 Å². The first kappa shape index (κ1) is 14.9. The Morgan fingerprint density at radius 1 is 1.23 bits per heavy atom. The van der Waals surface area contributed by atoms with Gasteiger partial charge in [0.25, 0.3) is 0 Å². The molecule has 118 valence electrons. The monoisotopic (exact) mass is 301 g/mol. The van der Waals surface area contributed by atoms with E-state index in [4.69, 9.17) is 9.47 Å². The molecule has 0 spiro atoms. The van der Waals surface area contributed by atoms with Crippen LogP contribution in [0.15, 0.2) is 42.7 Å². The molecule has 1 aromatic carbocycles. The summed E-state index contributed by atoms with van der Waals surface area (Å²) in [5.41, 5.74) is 0. The van der Waals surface area contributed by atoms with Gasteiger partial charge >= 0.3 is 0 Å². The van der Waals surface area contributed by atoms with Crippen LogP contribution in [0.3, 0.4) is 0 Å². The molecule has 1 aromatic heterocycles. The van der Waals surface area contributed by atoms with Crippen LogP contribution in [0.2, 0.25) is 0 Å². The van der Waals surface area contributed by atoms with Gasteiger partial charge < -0.3 is 9.47 Å². The summed E-state index contributed by atoms with van der Waals surface area (Å²) in [5, 5.41) is 4.31. The lowest BCUT2D eigenvalue weighted by Gasteiger charge is -2.24. The van der Waals surface area contributed by atoms with Gasteiger partial charge in [0.15, 0.2) is 0 Å². The molecule has 0 N–H and O–H groups in total. The smallest absolute Gasteiger partial charge is 0.119 e. The van der Waals surface area contributed by atoms with Crippen LogP contribution in [0.1, 0.15) is 12.8 Å². The SMILES string of the molecule is COc1ccc(OCCN2CCCC2Cn2cccn2)cc1. The number of hydrogen-bond donors (Lipinski definition) is 0. The Hall–Kier alpha value is -2.01. The van der Waals surface area contributed by atoms with Crippen molar-refractivity contribution in [1.29, 1.82) is 0 Å². The first-order chi connectivity index (χ1) is 10.8. The molecule has 5 nitrogen and oxygen atoms in total. The molecule has 1 unspecified atom stereocenters. The lowest BCUT2D eigenvalue weighted by atomic mass is 10.2. The molecule has 1 atom stereocenters. The fourth-order valence-corrected chi connectivity index (χ4v) is 2.97. The van der Waals surface area contributed by atoms with Gasteiger partial charge in [-0.15, -0.1) is 0 Å². The van der Waals surface area contributed by atoms with E-state index in [9.17, 15) is 0 Å². The molecule has 1 fully saturated rings. The van der Waals surface area contributed by atoms with Gasteiger partial charge in [-0.3, -0.25) is 9.58 Å². The largest absolute Gasteiger partial charge is 0.497 e. The Morgan fingerprint density at radius 2 is 2.05 bits per heavy atom. The van der Waals surface area contributed by atoms with Gasteiger partial charge in [0, 0.05) is 25.0 Å². The van der Waals surface area contributed by atoms with Crippen LogP contribution in [0.25, 0.3) is 0 Å². The van der Waals surface area contributed by atoms with Crippen LogP contribution < -0.4 is 9.47 Å². The average molecular weight is 301 g/mol. The highest BCUT2D eigenvalue weighted by atomic mass is 16.5. The Labute approximate surface area is 131 Å². The Kier molecular flexibility index (Phi) is 4.96. The molecule has 0 saturated carbocycles. The lowest BCUT2D eigenvalue weighted by molar-refractivity contribution is 0.182. The number of nitrogens with zero attached hydrogens (tertiary/aromatic N) is 3. The summed E-state index contributed by atoms with van der Waals surface area (Å²) < 4.78 is 13.0. The van der Waals surface area contributed by atoms with E-state index < -0.39 is 0 Å². The maximum atomic E-state index is 5.83. The zero-order valence-corrected chi connectivity index (χ0v) is 13.0. The summed E-state index contributed by atoms with van der Waals surface area (Å²) >= 11 is 0. The summed E-state index contributed by atoms with van der Waals surface area (Å²) in [5.74, 6) is 1.75. The predicted molar refractivity (Wildman–Crippen MR) is 85.3 cm³/mol. The quantitative estimate of drug-likeness (QED) is 0.787. The Bertz CT molecular complexity index is 554. The molecule has 1 saturated heterocycles. The topological polar surface area (TPSA) is 39.5 Å². The lowest BCUT2D eigenvalue weighted by Crippen LogP contribution is -2.36. The molecular formula is C17H23N3O2. The van der Waals surface area contributed by atoms with Crippen molar-refractivity contribution in [2.24, 2.45) is 0 Å². The van der Waals surface area contributed by atoms with E-state index in [2.05, 4.69) is 10.00 Å². The average Bonchev–Trinajstić information content (AvgIpc) is 3.21. The second-order valence-corrected chi connectivity index (χ2v) is 5.58.